The summed E-state index contributed by atoms with van der Waals surface area (Å²) in [5, 5.41) is 3.46. The number of ether oxygens (including phenoxy) is 2. The molecule has 0 bridgehead atoms. The Morgan fingerprint density at radius 2 is 1.97 bits per heavy atom. The predicted molar refractivity (Wildman–Crippen MR) is 121 cm³/mol. The quantitative estimate of drug-likeness (QED) is 0.788. The minimum atomic E-state index is 0. The molecule has 1 amide bonds. The molecule has 2 aromatic rings. The maximum Gasteiger partial charge on any atom is 0.241 e. The summed E-state index contributed by atoms with van der Waals surface area (Å²) in [7, 11) is 3.37. The third-order valence-corrected chi connectivity index (χ3v) is 5.90. The van der Waals surface area contributed by atoms with Crippen molar-refractivity contribution in [2.75, 3.05) is 51.8 Å². The fraction of sp³-hybridized carbons (Fsp3) is 0.435. The standard InChI is InChI=1S/C23H29N3O3.ClH/c1-28-18-9-10-20-17(14-18)6-5-12-26(20)23(27)16-25-13-11-24-15-21(25)19-7-3-4-8-22(19)29-2;/h3-4,7-10,14,21,24H,5-6,11-13,15-16H2,1-2H3;1H. The molecule has 1 fully saturated rings. The normalized spacial score (nSPS) is 18.9. The Morgan fingerprint density at radius 1 is 1.13 bits per heavy atom. The number of amides is 1. The smallest absolute Gasteiger partial charge is 0.241 e. The summed E-state index contributed by atoms with van der Waals surface area (Å²) in [6, 6.07) is 14.2. The molecule has 0 spiro atoms. The number of carbonyl (C=O) groups excluding carboxylic acids is 1. The maximum atomic E-state index is 13.3. The average Bonchev–Trinajstić information content (AvgIpc) is 2.78. The van der Waals surface area contributed by atoms with Crippen LogP contribution in [0.4, 0.5) is 5.69 Å². The van der Waals surface area contributed by atoms with Crippen molar-refractivity contribution in [1.29, 1.82) is 0 Å². The molecule has 30 heavy (non-hydrogen) atoms. The summed E-state index contributed by atoms with van der Waals surface area (Å²) in [5.74, 6) is 1.86. The fourth-order valence-corrected chi connectivity index (χ4v) is 4.40. The molecule has 0 aliphatic carbocycles. The molecule has 2 aromatic carbocycles. The second-order valence-corrected chi connectivity index (χ2v) is 7.58. The van der Waals surface area contributed by atoms with Crippen molar-refractivity contribution in [2.24, 2.45) is 0 Å². The number of fused-ring (bicyclic) bond motifs is 1. The molecule has 4 rings (SSSR count). The highest BCUT2D eigenvalue weighted by molar-refractivity contribution is 5.96. The first-order valence-electron chi connectivity index (χ1n) is 10.3. The van der Waals surface area contributed by atoms with Gasteiger partial charge in [0.1, 0.15) is 11.5 Å². The number of rotatable bonds is 5. The molecule has 1 unspecified atom stereocenters. The van der Waals surface area contributed by atoms with Crippen LogP contribution in [0, 0.1) is 0 Å². The van der Waals surface area contributed by atoms with Crippen LogP contribution >= 0.6 is 12.4 Å². The number of carbonyl (C=O) groups is 1. The van der Waals surface area contributed by atoms with Gasteiger partial charge in [-0.3, -0.25) is 9.69 Å². The number of nitrogens with zero attached hydrogens (tertiary/aromatic N) is 2. The second-order valence-electron chi connectivity index (χ2n) is 7.58. The average molecular weight is 432 g/mol. The molecule has 2 aliphatic rings. The largest absolute Gasteiger partial charge is 0.497 e. The van der Waals surface area contributed by atoms with Crippen LogP contribution in [0.3, 0.4) is 0 Å². The van der Waals surface area contributed by atoms with Gasteiger partial charge >= 0.3 is 0 Å². The van der Waals surface area contributed by atoms with Crippen molar-refractivity contribution >= 4 is 24.0 Å². The zero-order valence-electron chi connectivity index (χ0n) is 17.6. The highest BCUT2D eigenvalue weighted by Crippen LogP contribution is 2.33. The Balaban J connectivity index is 0.00000256. The van der Waals surface area contributed by atoms with E-state index in [1.807, 2.05) is 35.2 Å². The van der Waals surface area contributed by atoms with Crippen LogP contribution in [0.2, 0.25) is 0 Å². The topological polar surface area (TPSA) is 54.0 Å². The molecule has 1 saturated heterocycles. The minimum absolute atomic E-state index is 0. The Hall–Kier alpha value is -2.28. The van der Waals surface area contributed by atoms with Gasteiger partial charge in [-0.25, -0.2) is 0 Å². The van der Waals surface area contributed by atoms with E-state index in [9.17, 15) is 4.79 Å². The number of hydrogen-bond acceptors (Lipinski definition) is 5. The van der Waals surface area contributed by atoms with Gasteiger partial charge in [0.05, 0.1) is 26.8 Å². The van der Waals surface area contributed by atoms with Gasteiger partial charge in [0, 0.05) is 37.4 Å². The third-order valence-electron chi connectivity index (χ3n) is 5.90. The Morgan fingerprint density at radius 3 is 2.77 bits per heavy atom. The van der Waals surface area contributed by atoms with Gasteiger partial charge in [-0.05, 0) is 42.7 Å². The van der Waals surface area contributed by atoms with Crippen LogP contribution in [0.15, 0.2) is 42.5 Å². The van der Waals surface area contributed by atoms with E-state index in [-0.39, 0.29) is 24.4 Å². The van der Waals surface area contributed by atoms with Crippen molar-refractivity contribution in [3.63, 3.8) is 0 Å². The molecule has 7 heteroatoms. The molecule has 2 heterocycles. The molecule has 0 aromatic heterocycles. The summed E-state index contributed by atoms with van der Waals surface area (Å²) in [6.07, 6.45) is 1.96. The van der Waals surface area contributed by atoms with Gasteiger partial charge in [-0.2, -0.15) is 0 Å². The first-order valence-corrected chi connectivity index (χ1v) is 10.3. The van der Waals surface area contributed by atoms with Crippen molar-refractivity contribution in [1.82, 2.24) is 10.2 Å². The number of para-hydroxylation sites is 1. The lowest BCUT2D eigenvalue weighted by Crippen LogP contribution is -2.51. The zero-order chi connectivity index (χ0) is 20.2. The zero-order valence-corrected chi connectivity index (χ0v) is 18.4. The highest BCUT2D eigenvalue weighted by atomic mass is 35.5. The Bertz CT molecular complexity index is 877. The molecule has 1 atom stereocenters. The number of halogens is 1. The Kier molecular flexibility index (Phi) is 7.58. The van der Waals surface area contributed by atoms with Crippen LogP contribution in [-0.2, 0) is 11.2 Å². The molecule has 6 nitrogen and oxygen atoms in total. The van der Waals surface area contributed by atoms with Crippen molar-refractivity contribution in [2.45, 2.75) is 18.9 Å². The van der Waals surface area contributed by atoms with Gasteiger partial charge in [0.2, 0.25) is 5.91 Å². The van der Waals surface area contributed by atoms with Gasteiger partial charge in [-0.15, -0.1) is 12.4 Å². The van der Waals surface area contributed by atoms with Crippen LogP contribution < -0.4 is 19.7 Å². The summed E-state index contributed by atoms with van der Waals surface area (Å²) >= 11 is 0. The predicted octanol–water partition coefficient (Wildman–Crippen LogP) is 3.05. The van der Waals surface area contributed by atoms with E-state index in [0.29, 0.717) is 6.54 Å². The number of hydrogen-bond donors (Lipinski definition) is 1. The van der Waals surface area contributed by atoms with E-state index < -0.39 is 0 Å². The monoisotopic (exact) mass is 431 g/mol. The van der Waals surface area contributed by atoms with Gasteiger partial charge in [0.25, 0.3) is 0 Å². The van der Waals surface area contributed by atoms with Gasteiger partial charge < -0.3 is 19.7 Å². The summed E-state index contributed by atoms with van der Waals surface area (Å²) < 4.78 is 10.9. The van der Waals surface area contributed by atoms with E-state index in [1.54, 1.807) is 14.2 Å². The number of piperazine rings is 1. The number of benzene rings is 2. The number of nitrogens with one attached hydrogen (secondary N) is 1. The minimum Gasteiger partial charge on any atom is -0.497 e. The van der Waals surface area contributed by atoms with E-state index in [2.05, 4.69) is 22.3 Å². The van der Waals surface area contributed by atoms with Crippen molar-refractivity contribution < 1.29 is 14.3 Å². The van der Waals surface area contributed by atoms with Gasteiger partial charge in [-0.1, -0.05) is 18.2 Å². The number of aryl methyl sites for hydroxylation is 1. The number of anilines is 1. The summed E-state index contributed by atoms with van der Waals surface area (Å²) in [5.41, 5.74) is 3.33. The van der Waals surface area contributed by atoms with E-state index in [0.717, 1.165) is 61.8 Å². The molecule has 0 radical (unpaired) electrons. The lowest BCUT2D eigenvalue weighted by atomic mass is 10.00. The Labute approximate surface area is 184 Å². The SMILES string of the molecule is COc1ccc2c(c1)CCCN2C(=O)CN1CCNCC1c1ccccc1OC.Cl. The van der Waals surface area contributed by atoms with Crippen LogP contribution in [-0.4, -0.2) is 57.8 Å². The fourth-order valence-electron chi connectivity index (χ4n) is 4.40. The van der Waals surface area contributed by atoms with Crippen LogP contribution in [0.5, 0.6) is 11.5 Å². The van der Waals surface area contributed by atoms with E-state index in [4.69, 9.17) is 9.47 Å². The second kappa shape index (κ2) is 10.2. The van der Waals surface area contributed by atoms with E-state index in [1.165, 1.54) is 5.56 Å². The first-order chi connectivity index (χ1) is 14.2. The first kappa shape index (κ1) is 22.4. The molecular formula is C23H30ClN3O3. The number of methoxy groups -OCH3 is 2. The lowest BCUT2D eigenvalue weighted by molar-refractivity contribution is -0.120. The molecule has 2 aliphatic heterocycles. The molecular weight excluding hydrogens is 402 g/mol. The molecule has 1 N–H and O–H groups in total. The van der Waals surface area contributed by atoms with Crippen LogP contribution in [0.1, 0.15) is 23.6 Å². The van der Waals surface area contributed by atoms with E-state index >= 15 is 0 Å². The molecule has 0 saturated carbocycles. The summed E-state index contributed by atoms with van der Waals surface area (Å²) in [4.78, 5) is 17.5. The lowest BCUT2D eigenvalue weighted by Gasteiger charge is -2.38. The summed E-state index contributed by atoms with van der Waals surface area (Å²) in [6.45, 7) is 3.69. The van der Waals surface area contributed by atoms with Crippen LogP contribution in [0.25, 0.3) is 0 Å². The van der Waals surface area contributed by atoms with Gasteiger partial charge in [0.15, 0.2) is 0 Å². The van der Waals surface area contributed by atoms with Crippen molar-refractivity contribution in [3.05, 3.63) is 53.6 Å². The van der Waals surface area contributed by atoms with Crippen molar-refractivity contribution in [3.8, 4) is 11.5 Å². The maximum absolute atomic E-state index is 13.3. The highest BCUT2D eigenvalue weighted by Gasteiger charge is 2.30. The third kappa shape index (κ3) is 4.56. The molecule has 162 valence electrons.